The quantitative estimate of drug-likeness (QED) is 0.410. The van der Waals surface area contributed by atoms with Crippen molar-refractivity contribution >= 4 is 5.91 Å². The molecule has 0 bridgehead atoms. The highest BCUT2D eigenvalue weighted by molar-refractivity contribution is 5.78. The lowest BCUT2D eigenvalue weighted by Gasteiger charge is -2.28. The number of nitrogens with one attached hydrogen (secondary N) is 1. The van der Waals surface area contributed by atoms with Crippen molar-refractivity contribution in [2.45, 2.75) is 33.7 Å². The Kier molecular flexibility index (Phi) is 4.11. The molecule has 4 unspecified atom stereocenters. The molecule has 0 aromatic heterocycles. The molecule has 1 aliphatic rings. The van der Waals surface area contributed by atoms with Crippen molar-refractivity contribution in [2.75, 3.05) is 13.1 Å². The Morgan fingerprint density at radius 2 is 1.80 bits per heavy atom. The highest BCUT2D eigenvalue weighted by Crippen LogP contribution is 2.26. The van der Waals surface area contributed by atoms with E-state index in [1.54, 1.807) is 0 Å². The van der Waals surface area contributed by atoms with Gasteiger partial charge in [-0.2, -0.15) is 0 Å². The highest BCUT2D eigenvalue weighted by Gasteiger charge is 2.33. The number of hydrogen-bond donors (Lipinski definition) is 2. The third kappa shape index (κ3) is 2.69. The molecule has 4 heteroatoms. The van der Waals surface area contributed by atoms with E-state index in [-0.39, 0.29) is 17.9 Å². The van der Waals surface area contributed by atoms with Gasteiger partial charge in [0.05, 0.1) is 5.92 Å². The van der Waals surface area contributed by atoms with E-state index in [9.17, 15) is 4.79 Å². The fourth-order valence-corrected chi connectivity index (χ4v) is 2.17. The van der Waals surface area contributed by atoms with Gasteiger partial charge in [-0.3, -0.25) is 15.1 Å². The molecule has 0 aromatic rings. The number of nitrogens with two attached hydrogens (primary N) is 1. The number of hydrazine groups is 1. The van der Waals surface area contributed by atoms with Crippen molar-refractivity contribution in [2.24, 2.45) is 23.6 Å². The molecule has 3 N–H and O–H groups in total. The van der Waals surface area contributed by atoms with Crippen LogP contribution in [0.2, 0.25) is 0 Å². The van der Waals surface area contributed by atoms with Gasteiger partial charge in [0.25, 0.3) is 0 Å². The van der Waals surface area contributed by atoms with Crippen LogP contribution in [-0.2, 0) is 4.79 Å². The lowest BCUT2D eigenvalue weighted by atomic mass is 10.0. The fourth-order valence-electron chi connectivity index (χ4n) is 2.17. The summed E-state index contributed by atoms with van der Waals surface area (Å²) in [6.45, 7) is 10.7. The molecule has 0 aliphatic carbocycles. The minimum absolute atomic E-state index is 0.0486. The maximum atomic E-state index is 11.4. The smallest absolute Gasteiger partial charge is 0.238 e. The maximum Gasteiger partial charge on any atom is 0.238 e. The van der Waals surface area contributed by atoms with Gasteiger partial charge in [0.2, 0.25) is 5.91 Å². The molecular formula is C11H23N3O. The van der Waals surface area contributed by atoms with Gasteiger partial charge >= 0.3 is 0 Å². The Balaban J connectivity index is 2.54. The molecule has 4 atom stereocenters. The van der Waals surface area contributed by atoms with Gasteiger partial charge in [-0.25, -0.2) is 5.84 Å². The van der Waals surface area contributed by atoms with Crippen molar-refractivity contribution in [1.82, 2.24) is 10.3 Å². The minimum Gasteiger partial charge on any atom is -0.299 e. The van der Waals surface area contributed by atoms with Crippen LogP contribution in [0, 0.1) is 17.8 Å². The topological polar surface area (TPSA) is 58.4 Å². The zero-order valence-corrected chi connectivity index (χ0v) is 10.2. The second kappa shape index (κ2) is 4.94. The first kappa shape index (κ1) is 12.5. The average molecular weight is 213 g/mol. The summed E-state index contributed by atoms with van der Waals surface area (Å²) in [6, 6.07) is 0.265. The standard InChI is InChI=1S/C11H23N3O/c1-7-5-14(6-8(7)2)10(4)9(3)11(15)13-12/h7-10H,5-6,12H2,1-4H3,(H,13,15). The molecule has 15 heavy (non-hydrogen) atoms. The number of carbonyl (C=O) groups excluding carboxylic acids is 1. The van der Waals surface area contributed by atoms with Gasteiger partial charge in [0.1, 0.15) is 0 Å². The van der Waals surface area contributed by atoms with Gasteiger partial charge in [-0.05, 0) is 18.8 Å². The van der Waals surface area contributed by atoms with E-state index in [1.165, 1.54) is 0 Å². The monoisotopic (exact) mass is 213 g/mol. The van der Waals surface area contributed by atoms with Crippen molar-refractivity contribution in [3.05, 3.63) is 0 Å². The molecule has 0 saturated carbocycles. The van der Waals surface area contributed by atoms with E-state index < -0.39 is 0 Å². The Hall–Kier alpha value is -0.610. The van der Waals surface area contributed by atoms with Crippen molar-refractivity contribution in [3.8, 4) is 0 Å². The third-order valence-corrected chi connectivity index (χ3v) is 3.87. The largest absolute Gasteiger partial charge is 0.299 e. The molecule has 0 spiro atoms. The van der Waals surface area contributed by atoms with Crippen LogP contribution in [-0.4, -0.2) is 29.9 Å². The number of carbonyl (C=O) groups is 1. The molecule has 88 valence electrons. The first-order chi connectivity index (χ1) is 6.97. The Bertz CT molecular complexity index is 222. The molecular weight excluding hydrogens is 190 g/mol. The molecule has 1 saturated heterocycles. The number of amides is 1. The summed E-state index contributed by atoms with van der Waals surface area (Å²) in [7, 11) is 0. The van der Waals surface area contributed by atoms with Crippen LogP contribution in [0.4, 0.5) is 0 Å². The molecule has 1 rings (SSSR count). The van der Waals surface area contributed by atoms with E-state index in [2.05, 4.69) is 31.1 Å². The van der Waals surface area contributed by atoms with Crippen LogP contribution >= 0.6 is 0 Å². The van der Waals surface area contributed by atoms with Crippen molar-refractivity contribution < 1.29 is 4.79 Å². The number of rotatable bonds is 3. The minimum atomic E-state index is -0.0743. The zero-order valence-electron chi connectivity index (χ0n) is 10.2. The highest BCUT2D eigenvalue weighted by atomic mass is 16.2. The van der Waals surface area contributed by atoms with E-state index in [4.69, 9.17) is 5.84 Å². The summed E-state index contributed by atoms with van der Waals surface area (Å²) >= 11 is 0. The van der Waals surface area contributed by atoms with Crippen LogP contribution in [0.3, 0.4) is 0 Å². The first-order valence-electron chi connectivity index (χ1n) is 5.71. The van der Waals surface area contributed by atoms with Crippen molar-refractivity contribution in [1.29, 1.82) is 0 Å². The molecule has 0 aromatic carbocycles. The van der Waals surface area contributed by atoms with Gasteiger partial charge in [-0.15, -0.1) is 0 Å². The summed E-state index contributed by atoms with van der Waals surface area (Å²) in [5.41, 5.74) is 2.23. The van der Waals surface area contributed by atoms with E-state index in [0.29, 0.717) is 0 Å². The maximum absolute atomic E-state index is 11.4. The van der Waals surface area contributed by atoms with Gasteiger partial charge < -0.3 is 0 Å². The summed E-state index contributed by atoms with van der Waals surface area (Å²) in [6.07, 6.45) is 0. The van der Waals surface area contributed by atoms with Crippen LogP contribution in [0.15, 0.2) is 0 Å². The van der Waals surface area contributed by atoms with Gasteiger partial charge in [0, 0.05) is 19.1 Å². The molecule has 1 heterocycles. The zero-order chi connectivity index (χ0) is 11.6. The van der Waals surface area contributed by atoms with Crippen LogP contribution in [0.1, 0.15) is 27.7 Å². The Morgan fingerprint density at radius 1 is 1.33 bits per heavy atom. The Morgan fingerprint density at radius 3 is 2.20 bits per heavy atom. The van der Waals surface area contributed by atoms with E-state index in [0.717, 1.165) is 24.9 Å². The second-order valence-corrected chi connectivity index (χ2v) is 4.95. The summed E-state index contributed by atoms with van der Waals surface area (Å²) in [5.74, 6) is 6.47. The van der Waals surface area contributed by atoms with Crippen molar-refractivity contribution in [3.63, 3.8) is 0 Å². The predicted octanol–water partition coefficient (Wildman–Crippen LogP) is 0.589. The molecule has 4 nitrogen and oxygen atoms in total. The third-order valence-electron chi connectivity index (χ3n) is 3.87. The van der Waals surface area contributed by atoms with E-state index >= 15 is 0 Å². The Labute approximate surface area is 92.2 Å². The number of nitrogens with zero attached hydrogens (tertiary/aromatic N) is 1. The normalized spacial score (nSPS) is 31.3. The summed E-state index contributed by atoms with van der Waals surface area (Å²) in [5, 5.41) is 0. The van der Waals surface area contributed by atoms with E-state index in [1.807, 2.05) is 6.92 Å². The predicted molar refractivity (Wildman–Crippen MR) is 60.9 cm³/mol. The van der Waals surface area contributed by atoms with Crippen LogP contribution in [0.5, 0.6) is 0 Å². The van der Waals surface area contributed by atoms with Crippen LogP contribution in [0.25, 0.3) is 0 Å². The van der Waals surface area contributed by atoms with Crippen LogP contribution < -0.4 is 11.3 Å². The SMILES string of the molecule is CC1CN(C(C)C(C)C(=O)NN)CC1C. The fraction of sp³-hybridized carbons (Fsp3) is 0.909. The first-order valence-corrected chi connectivity index (χ1v) is 5.71. The average Bonchev–Trinajstić information content (AvgIpc) is 2.56. The second-order valence-electron chi connectivity index (χ2n) is 4.95. The van der Waals surface area contributed by atoms with Gasteiger partial charge in [0.15, 0.2) is 0 Å². The van der Waals surface area contributed by atoms with Gasteiger partial charge in [-0.1, -0.05) is 20.8 Å². The molecule has 1 aliphatic heterocycles. The summed E-state index contributed by atoms with van der Waals surface area (Å²) < 4.78 is 0. The molecule has 0 radical (unpaired) electrons. The number of likely N-dealkylation sites (tertiary alicyclic amines) is 1. The lowest BCUT2D eigenvalue weighted by Crippen LogP contribution is -2.45. The number of hydrogen-bond acceptors (Lipinski definition) is 3. The summed E-state index contributed by atoms with van der Waals surface area (Å²) in [4.78, 5) is 13.8. The molecule has 1 amide bonds. The molecule has 1 fully saturated rings. The lowest BCUT2D eigenvalue weighted by molar-refractivity contribution is -0.126.